The summed E-state index contributed by atoms with van der Waals surface area (Å²) in [6, 6.07) is 2.34. The van der Waals surface area contributed by atoms with E-state index in [0.717, 1.165) is 25.1 Å². The number of rotatable bonds is 4. The van der Waals surface area contributed by atoms with Crippen molar-refractivity contribution in [2.75, 3.05) is 19.7 Å². The maximum absolute atomic E-state index is 5.93. The molecule has 18 heavy (non-hydrogen) atoms. The molecule has 104 valence electrons. The van der Waals surface area contributed by atoms with Crippen LogP contribution in [0, 0.1) is 0 Å². The molecular formula is C15H28N2O. The van der Waals surface area contributed by atoms with Gasteiger partial charge in [-0.15, -0.1) is 0 Å². The van der Waals surface area contributed by atoms with Gasteiger partial charge in [0.2, 0.25) is 0 Å². The van der Waals surface area contributed by atoms with Gasteiger partial charge in [0.25, 0.3) is 0 Å². The SMILES string of the molecule is CCC1(C)CC(NC2CCN(C3CC3)C2)CCO1. The lowest BCUT2D eigenvalue weighted by atomic mass is 9.89. The Morgan fingerprint density at radius 1 is 1.22 bits per heavy atom. The number of nitrogens with zero attached hydrogens (tertiary/aromatic N) is 1. The van der Waals surface area contributed by atoms with Crippen molar-refractivity contribution in [1.29, 1.82) is 0 Å². The molecule has 2 heterocycles. The summed E-state index contributed by atoms with van der Waals surface area (Å²) in [5, 5.41) is 3.90. The first-order valence-corrected chi connectivity index (χ1v) is 7.82. The van der Waals surface area contributed by atoms with Crippen LogP contribution in [0.25, 0.3) is 0 Å². The Morgan fingerprint density at radius 3 is 2.78 bits per heavy atom. The predicted octanol–water partition coefficient (Wildman–Crippen LogP) is 2.16. The van der Waals surface area contributed by atoms with Gasteiger partial charge in [0, 0.05) is 37.8 Å². The molecule has 0 aromatic carbocycles. The van der Waals surface area contributed by atoms with Crippen molar-refractivity contribution in [3.8, 4) is 0 Å². The molecule has 0 spiro atoms. The summed E-state index contributed by atoms with van der Waals surface area (Å²) in [5.74, 6) is 0. The zero-order chi connectivity index (χ0) is 12.6. The van der Waals surface area contributed by atoms with Crippen molar-refractivity contribution in [3.63, 3.8) is 0 Å². The second-order valence-corrected chi connectivity index (χ2v) is 6.72. The Labute approximate surface area is 111 Å². The molecule has 0 bridgehead atoms. The van der Waals surface area contributed by atoms with Crippen molar-refractivity contribution >= 4 is 0 Å². The highest BCUT2D eigenvalue weighted by Crippen LogP contribution is 2.31. The zero-order valence-corrected chi connectivity index (χ0v) is 12.0. The van der Waals surface area contributed by atoms with Gasteiger partial charge in [0.1, 0.15) is 0 Å². The molecule has 3 rings (SSSR count). The predicted molar refractivity (Wildman–Crippen MR) is 73.8 cm³/mol. The van der Waals surface area contributed by atoms with Crippen LogP contribution in [0.4, 0.5) is 0 Å². The first-order valence-electron chi connectivity index (χ1n) is 7.82. The van der Waals surface area contributed by atoms with E-state index in [1.54, 1.807) is 0 Å². The zero-order valence-electron chi connectivity index (χ0n) is 12.0. The largest absolute Gasteiger partial charge is 0.375 e. The van der Waals surface area contributed by atoms with Crippen LogP contribution in [-0.2, 0) is 4.74 Å². The van der Waals surface area contributed by atoms with E-state index in [1.165, 1.54) is 45.2 Å². The van der Waals surface area contributed by atoms with E-state index >= 15 is 0 Å². The van der Waals surface area contributed by atoms with Crippen molar-refractivity contribution in [1.82, 2.24) is 10.2 Å². The van der Waals surface area contributed by atoms with E-state index in [0.29, 0.717) is 6.04 Å². The smallest absolute Gasteiger partial charge is 0.0666 e. The Morgan fingerprint density at radius 2 is 2.06 bits per heavy atom. The molecule has 3 atom stereocenters. The van der Waals surface area contributed by atoms with E-state index in [2.05, 4.69) is 24.1 Å². The summed E-state index contributed by atoms with van der Waals surface area (Å²) in [7, 11) is 0. The average Bonchev–Trinajstić information content (AvgIpc) is 3.11. The second kappa shape index (κ2) is 5.10. The van der Waals surface area contributed by atoms with Crippen LogP contribution >= 0.6 is 0 Å². The molecule has 1 N–H and O–H groups in total. The number of likely N-dealkylation sites (tertiary alicyclic amines) is 1. The van der Waals surface area contributed by atoms with E-state index < -0.39 is 0 Å². The van der Waals surface area contributed by atoms with Gasteiger partial charge in [-0.3, -0.25) is 4.90 Å². The number of hydrogen-bond donors (Lipinski definition) is 1. The van der Waals surface area contributed by atoms with Gasteiger partial charge >= 0.3 is 0 Å². The van der Waals surface area contributed by atoms with Gasteiger partial charge in [-0.2, -0.15) is 0 Å². The normalized spacial score (nSPS) is 42.3. The monoisotopic (exact) mass is 252 g/mol. The highest BCUT2D eigenvalue weighted by atomic mass is 16.5. The van der Waals surface area contributed by atoms with Gasteiger partial charge in [-0.25, -0.2) is 0 Å². The minimum absolute atomic E-state index is 0.116. The van der Waals surface area contributed by atoms with Crippen molar-refractivity contribution in [2.24, 2.45) is 0 Å². The molecule has 2 saturated heterocycles. The van der Waals surface area contributed by atoms with E-state index in [4.69, 9.17) is 4.74 Å². The fourth-order valence-corrected chi connectivity index (χ4v) is 3.55. The molecule has 1 aliphatic carbocycles. The molecule has 0 aromatic rings. The molecular weight excluding hydrogens is 224 g/mol. The minimum atomic E-state index is 0.116. The number of ether oxygens (including phenoxy) is 1. The lowest BCUT2D eigenvalue weighted by Crippen LogP contribution is -2.49. The maximum atomic E-state index is 5.93. The molecule has 0 aromatic heterocycles. The molecule has 3 nitrogen and oxygen atoms in total. The summed E-state index contributed by atoms with van der Waals surface area (Å²) < 4.78 is 5.93. The summed E-state index contributed by atoms with van der Waals surface area (Å²) in [4.78, 5) is 2.69. The van der Waals surface area contributed by atoms with Gasteiger partial charge in [0.05, 0.1) is 5.60 Å². The molecule has 1 saturated carbocycles. The Kier molecular flexibility index (Phi) is 3.65. The summed E-state index contributed by atoms with van der Waals surface area (Å²) in [6.45, 7) is 8.04. The maximum Gasteiger partial charge on any atom is 0.0666 e. The first kappa shape index (κ1) is 12.9. The van der Waals surface area contributed by atoms with Crippen molar-refractivity contribution in [2.45, 2.75) is 76.1 Å². The molecule has 2 aliphatic heterocycles. The van der Waals surface area contributed by atoms with Crippen LogP contribution in [0.2, 0.25) is 0 Å². The highest BCUT2D eigenvalue weighted by Gasteiger charge is 2.37. The van der Waals surface area contributed by atoms with Crippen LogP contribution in [0.5, 0.6) is 0 Å². The lowest BCUT2D eigenvalue weighted by Gasteiger charge is -2.39. The van der Waals surface area contributed by atoms with Crippen LogP contribution in [0.1, 0.15) is 52.4 Å². The van der Waals surface area contributed by atoms with Crippen molar-refractivity contribution in [3.05, 3.63) is 0 Å². The van der Waals surface area contributed by atoms with Gasteiger partial charge in [-0.1, -0.05) is 6.92 Å². The Bertz CT molecular complexity index is 292. The third-order valence-corrected chi connectivity index (χ3v) is 5.10. The molecule has 3 fully saturated rings. The fraction of sp³-hybridized carbons (Fsp3) is 1.00. The molecule has 0 amide bonds. The second-order valence-electron chi connectivity index (χ2n) is 6.72. The quantitative estimate of drug-likeness (QED) is 0.830. The summed E-state index contributed by atoms with van der Waals surface area (Å²) in [5.41, 5.74) is 0.116. The Hall–Kier alpha value is -0.120. The Balaban J connectivity index is 1.47. The van der Waals surface area contributed by atoms with Gasteiger partial charge in [-0.05, 0) is 45.4 Å². The van der Waals surface area contributed by atoms with Crippen LogP contribution in [-0.4, -0.2) is 48.3 Å². The molecule has 0 radical (unpaired) electrons. The minimum Gasteiger partial charge on any atom is -0.375 e. The molecule has 3 unspecified atom stereocenters. The summed E-state index contributed by atoms with van der Waals surface area (Å²) >= 11 is 0. The van der Waals surface area contributed by atoms with Crippen molar-refractivity contribution < 1.29 is 4.74 Å². The lowest BCUT2D eigenvalue weighted by molar-refractivity contribution is -0.0789. The number of nitrogens with one attached hydrogen (secondary N) is 1. The number of hydrogen-bond acceptors (Lipinski definition) is 3. The van der Waals surface area contributed by atoms with Gasteiger partial charge in [0.15, 0.2) is 0 Å². The third-order valence-electron chi connectivity index (χ3n) is 5.10. The van der Waals surface area contributed by atoms with Gasteiger partial charge < -0.3 is 10.1 Å². The topological polar surface area (TPSA) is 24.5 Å². The molecule has 3 aliphatic rings. The molecule has 3 heteroatoms. The standard InChI is InChI=1S/C15H28N2O/c1-3-15(2)10-12(7-9-18-15)16-13-6-8-17(11-13)14-4-5-14/h12-14,16H,3-11H2,1-2H3. The third kappa shape index (κ3) is 2.89. The average molecular weight is 252 g/mol. The van der Waals surface area contributed by atoms with E-state index in [-0.39, 0.29) is 5.60 Å². The summed E-state index contributed by atoms with van der Waals surface area (Å²) in [6.07, 6.45) is 7.73. The highest BCUT2D eigenvalue weighted by molar-refractivity contribution is 4.94. The first-order chi connectivity index (χ1) is 8.68. The van der Waals surface area contributed by atoms with E-state index in [1.807, 2.05) is 0 Å². The van der Waals surface area contributed by atoms with Crippen LogP contribution in [0.3, 0.4) is 0 Å². The van der Waals surface area contributed by atoms with E-state index in [9.17, 15) is 0 Å². The van der Waals surface area contributed by atoms with Crippen LogP contribution < -0.4 is 5.32 Å². The fourth-order valence-electron chi connectivity index (χ4n) is 3.55. The van der Waals surface area contributed by atoms with Crippen LogP contribution in [0.15, 0.2) is 0 Å².